The standard InChI is InChI=1S/C11H9BrN2O/c12-11-13-6-9(14-11)7-1-2-10-8(5-7)3-4-15-10/h1-2,5-6H,3-4H2,(H,13,14). The van der Waals surface area contributed by atoms with E-state index in [4.69, 9.17) is 4.74 Å². The summed E-state index contributed by atoms with van der Waals surface area (Å²) in [4.78, 5) is 7.26. The Bertz CT molecular complexity index is 507. The molecule has 0 spiro atoms. The highest BCUT2D eigenvalue weighted by atomic mass is 79.9. The predicted octanol–water partition coefficient (Wildman–Crippen LogP) is 2.77. The van der Waals surface area contributed by atoms with Gasteiger partial charge in [-0.1, -0.05) is 0 Å². The van der Waals surface area contributed by atoms with Gasteiger partial charge in [-0.3, -0.25) is 0 Å². The largest absolute Gasteiger partial charge is 0.493 e. The fourth-order valence-corrected chi connectivity index (χ4v) is 2.11. The molecule has 4 heteroatoms. The lowest BCUT2D eigenvalue weighted by molar-refractivity contribution is 0.357. The third-order valence-corrected chi connectivity index (χ3v) is 2.95. The van der Waals surface area contributed by atoms with Crippen LogP contribution in [0, 0.1) is 0 Å². The van der Waals surface area contributed by atoms with Gasteiger partial charge < -0.3 is 9.72 Å². The number of H-pyrrole nitrogens is 1. The minimum absolute atomic E-state index is 0.759. The first-order valence-corrected chi connectivity index (χ1v) is 5.59. The molecule has 0 unspecified atom stereocenters. The summed E-state index contributed by atoms with van der Waals surface area (Å²) in [5.74, 6) is 1.01. The van der Waals surface area contributed by atoms with Crippen LogP contribution in [0.3, 0.4) is 0 Å². The molecule has 1 aliphatic rings. The number of nitrogens with one attached hydrogen (secondary N) is 1. The van der Waals surface area contributed by atoms with Crippen molar-refractivity contribution < 1.29 is 4.74 Å². The molecule has 1 aliphatic heterocycles. The van der Waals surface area contributed by atoms with E-state index < -0.39 is 0 Å². The summed E-state index contributed by atoms with van der Waals surface area (Å²) < 4.78 is 6.22. The maximum Gasteiger partial charge on any atom is 0.174 e. The third kappa shape index (κ3) is 1.55. The van der Waals surface area contributed by atoms with Crippen LogP contribution in [0.1, 0.15) is 5.56 Å². The van der Waals surface area contributed by atoms with Crippen LogP contribution in [0.5, 0.6) is 5.75 Å². The lowest BCUT2D eigenvalue weighted by Gasteiger charge is -2.01. The van der Waals surface area contributed by atoms with Gasteiger partial charge >= 0.3 is 0 Å². The van der Waals surface area contributed by atoms with Gasteiger partial charge in [0.05, 0.1) is 18.5 Å². The molecule has 2 heterocycles. The molecule has 3 nitrogen and oxygen atoms in total. The van der Waals surface area contributed by atoms with Crippen LogP contribution in [-0.2, 0) is 6.42 Å². The molecular weight excluding hydrogens is 256 g/mol. The minimum Gasteiger partial charge on any atom is -0.493 e. The molecule has 0 aliphatic carbocycles. The Labute approximate surface area is 95.6 Å². The van der Waals surface area contributed by atoms with Crippen molar-refractivity contribution in [2.24, 2.45) is 0 Å². The van der Waals surface area contributed by atoms with E-state index in [9.17, 15) is 0 Å². The van der Waals surface area contributed by atoms with Gasteiger partial charge in [-0.2, -0.15) is 0 Å². The average Bonchev–Trinajstić information content (AvgIpc) is 2.84. The normalized spacial score (nSPS) is 13.7. The highest BCUT2D eigenvalue weighted by Gasteiger charge is 2.13. The van der Waals surface area contributed by atoms with Gasteiger partial charge in [0.2, 0.25) is 0 Å². The van der Waals surface area contributed by atoms with Crippen LogP contribution >= 0.6 is 15.9 Å². The third-order valence-electron chi connectivity index (χ3n) is 2.55. The average molecular weight is 265 g/mol. The molecule has 0 amide bonds. The zero-order chi connectivity index (χ0) is 10.3. The van der Waals surface area contributed by atoms with E-state index in [0.717, 1.165) is 34.8 Å². The number of fused-ring (bicyclic) bond motifs is 1. The van der Waals surface area contributed by atoms with Crippen molar-refractivity contribution in [3.8, 4) is 17.0 Å². The topological polar surface area (TPSA) is 37.9 Å². The highest BCUT2D eigenvalue weighted by Crippen LogP contribution is 2.29. The zero-order valence-corrected chi connectivity index (χ0v) is 9.54. The fraction of sp³-hybridized carbons (Fsp3) is 0.182. The molecule has 3 rings (SSSR count). The highest BCUT2D eigenvalue weighted by molar-refractivity contribution is 9.10. The van der Waals surface area contributed by atoms with E-state index in [-0.39, 0.29) is 0 Å². The molecule has 0 saturated carbocycles. The molecule has 0 fully saturated rings. The number of hydrogen-bond donors (Lipinski definition) is 1. The molecule has 1 aromatic carbocycles. The van der Waals surface area contributed by atoms with Crippen molar-refractivity contribution >= 4 is 15.9 Å². The monoisotopic (exact) mass is 264 g/mol. The summed E-state index contributed by atoms with van der Waals surface area (Å²) in [6.07, 6.45) is 2.82. The van der Waals surface area contributed by atoms with Crippen LogP contribution < -0.4 is 4.74 Å². The molecule has 76 valence electrons. The fourth-order valence-electron chi connectivity index (χ4n) is 1.80. The molecular formula is C11H9BrN2O. The summed E-state index contributed by atoms with van der Waals surface area (Å²) in [6.45, 7) is 0.797. The quantitative estimate of drug-likeness (QED) is 0.860. The van der Waals surface area contributed by atoms with Crippen LogP contribution in [0.25, 0.3) is 11.3 Å². The van der Waals surface area contributed by atoms with Gasteiger partial charge in [-0.05, 0) is 39.7 Å². The van der Waals surface area contributed by atoms with Crippen LogP contribution in [0.4, 0.5) is 0 Å². The van der Waals surface area contributed by atoms with Gasteiger partial charge in [-0.25, -0.2) is 4.98 Å². The van der Waals surface area contributed by atoms with E-state index in [2.05, 4.69) is 32.0 Å². The first-order valence-electron chi connectivity index (χ1n) is 4.79. The molecule has 1 N–H and O–H groups in total. The van der Waals surface area contributed by atoms with Crippen molar-refractivity contribution in [1.29, 1.82) is 0 Å². The van der Waals surface area contributed by atoms with E-state index in [1.54, 1.807) is 0 Å². The molecule has 0 radical (unpaired) electrons. The molecule has 0 atom stereocenters. The van der Waals surface area contributed by atoms with E-state index in [1.807, 2.05) is 18.3 Å². The number of aromatic nitrogens is 2. The van der Waals surface area contributed by atoms with E-state index in [0.29, 0.717) is 0 Å². The Balaban J connectivity index is 2.06. The van der Waals surface area contributed by atoms with E-state index >= 15 is 0 Å². The predicted molar refractivity (Wildman–Crippen MR) is 60.9 cm³/mol. The summed E-state index contributed by atoms with van der Waals surface area (Å²) >= 11 is 3.30. The second-order valence-electron chi connectivity index (χ2n) is 3.51. The van der Waals surface area contributed by atoms with Gasteiger partial charge in [0.1, 0.15) is 5.75 Å². The van der Waals surface area contributed by atoms with Crippen molar-refractivity contribution in [3.05, 3.63) is 34.7 Å². The van der Waals surface area contributed by atoms with Crippen molar-refractivity contribution in [2.45, 2.75) is 6.42 Å². The Kier molecular flexibility index (Phi) is 2.02. The number of halogens is 1. The Morgan fingerprint density at radius 3 is 3.13 bits per heavy atom. The maximum atomic E-state index is 5.46. The number of nitrogens with zero attached hydrogens (tertiary/aromatic N) is 1. The van der Waals surface area contributed by atoms with Crippen molar-refractivity contribution in [1.82, 2.24) is 9.97 Å². The Hall–Kier alpha value is -1.29. The van der Waals surface area contributed by atoms with Gasteiger partial charge in [0, 0.05) is 12.0 Å². The van der Waals surface area contributed by atoms with Crippen LogP contribution in [0.15, 0.2) is 29.1 Å². The summed E-state index contributed by atoms with van der Waals surface area (Å²) in [6, 6.07) is 6.22. The molecule has 2 aromatic rings. The summed E-state index contributed by atoms with van der Waals surface area (Å²) in [7, 11) is 0. The van der Waals surface area contributed by atoms with Gasteiger partial charge in [-0.15, -0.1) is 0 Å². The number of rotatable bonds is 1. The Morgan fingerprint density at radius 2 is 2.33 bits per heavy atom. The lowest BCUT2D eigenvalue weighted by Crippen LogP contribution is -1.85. The zero-order valence-electron chi connectivity index (χ0n) is 7.96. The SMILES string of the molecule is Brc1ncc(-c2ccc3c(c2)CCO3)[nH]1. The maximum absolute atomic E-state index is 5.46. The Morgan fingerprint density at radius 1 is 1.40 bits per heavy atom. The molecule has 1 aromatic heterocycles. The van der Waals surface area contributed by atoms with Crippen molar-refractivity contribution in [2.75, 3.05) is 6.61 Å². The van der Waals surface area contributed by atoms with Gasteiger partial charge in [0.25, 0.3) is 0 Å². The number of benzene rings is 1. The van der Waals surface area contributed by atoms with Crippen LogP contribution in [-0.4, -0.2) is 16.6 Å². The van der Waals surface area contributed by atoms with Crippen molar-refractivity contribution in [3.63, 3.8) is 0 Å². The minimum atomic E-state index is 0.759. The number of imidazole rings is 1. The van der Waals surface area contributed by atoms with E-state index in [1.165, 1.54) is 5.56 Å². The molecule has 0 saturated heterocycles. The second-order valence-corrected chi connectivity index (χ2v) is 4.26. The summed E-state index contributed by atoms with van der Waals surface area (Å²) in [5.41, 5.74) is 3.45. The number of ether oxygens (including phenoxy) is 1. The lowest BCUT2D eigenvalue weighted by atomic mass is 10.1. The first kappa shape index (κ1) is 8.97. The molecule has 0 bridgehead atoms. The smallest absolute Gasteiger partial charge is 0.174 e. The number of aromatic amines is 1. The second kappa shape index (κ2) is 3.38. The number of hydrogen-bond acceptors (Lipinski definition) is 2. The summed E-state index contributed by atoms with van der Waals surface area (Å²) in [5, 5.41) is 0. The van der Waals surface area contributed by atoms with Gasteiger partial charge in [0.15, 0.2) is 4.73 Å². The van der Waals surface area contributed by atoms with Crippen LogP contribution in [0.2, 0.25) is 0 Å². The molecule has 15 heavy (non-hydrogen) atoms. The first-order chi connectivity index (χ1) is 7.33.